The van der Waals surface area contributed by atoms with Crippen molar-refractivity contribution < 1.29 is 23.8 Å². The van der Waals surface area contributed by atoms with Crippen molar-refractivity contribution in [2.45, 2.75) is 46.6 Å². The van der Waals surface area contributed by atoms with Gasteiger partial charge in [-0.25, -0.2) is 4.98 Å². The highest BCUT2D eigenvalue weighted by Crippen LogP contribution is 2.23. The molecule has 0 bridgehead atoms. The summed E-state index contributed by atoms with van der Waals surface area (Å²) in [5.74, 6) is 0.958. The van der Waals surface area contributed by atoms with Crippen molar-refractivity contribution in [2.75, 3.05) is 6.61 Å². The lowest BCUT2D eigenvalue weighted by Crippen LogP contribution is -2.25. The molecule has 1 aromatic heterocycles. The molecule has 0 aliphatic rings. The number of hydrogen-bond donors (Lipinski definition) is 2. The van der Waals surface area contributed by atoms with Crippen molar-refractivity contribution in [3.63, 3.8) is 0 Å². The molecule has 0 spiro atoms. The van der Waals surface area contributed by atoms with Gasteiger partial charge >= 0.3 is 5.97 Å². The van der Waals surface area contributed by atoms with Crippen molar-refractivity contribution in [3.05, 3.63) is 106 Å². The van der Waals surface area contributed by atoms with E-state index in [9.17, 15) is 9.59 Å². The number of aryl methyl sites for hydroxylation is 4. The van der Waals surface area contributed by atoms with Gasteiger partial charge in [0.2, 0.25) is 5.89 Å². The smallest absolute Gasteiger partial charge is 0.303 e. The molecule has 7 heteroatoms. The number of hydrogen-bond acceptors (Lipinski definition) is 5. The molecule has 0 saturated carbocycles. The number of carboxylic acids is 1. The number of carboxylic acid groups (broad SMARTS) is 1. The summed E-state index contributed by atoms with van der Waals surface area (Å²) in [5, 5.41) is 12.2. The zero-order valence-corrected chi connectivity index (χ0v) is 21.9. The Balaban J connectivity index is 1.44. The molecule has 0 unspecified atom stereocenters. The Morgan fingerprint density at radius 1 is 0.921 bits per heavy atom. The van der Waals surface area contributed by atoms with E-state index in [1.807, 2.05) is 87.5 Å². The summed E-state index contributed by atoms with van der Waals surface area (Å²) in [6, 6.07) is 21.1. The van der Waals surface area contributed by atoms with Gasteiger partial charge in [-0.15, -0.1) is 0 Å². The Labute approximate surface area is 222 Å². The van der Waals surface area contributed by atoms with Crippen molar-refractivity contribution in [1.29, 1.82) is 0 Å². The predicted molar refractivity (Wildman–Crippen MR) is 145 cm³/mol. The topological polar surface area (TPSA) is 102 Å². The quantitative estimate of drug-likeness (QED) is 0.262. The second-order valence-corrected chi connectivity index (χ2v) is 9.26. The Bertz CT molecular complexity index is 1410. The first-order chi connectivity index (χ1) is 18.3. The van der Waals surface area contributed by atoms with Gasteiger partial charge in [0, 0.05) is 30.5 Å². The van der Waals surface area contributed by atoms with E-state index in [-0.39, 0.29) is 18.9 Å². The highest BCUT2D eigenvalue weighted by molar-refractivity contribution is 5.97. The van der Waals surface area contributed by atoms with E-state index in [1.165, 1.54) is 0 Å². The Kier molecular flexibility index (Phi) is 8.58. The van der Waals surface area contributed by atoms with Crippen LogP contribution in [0.25, 0.3) is 11.5 Å². The maximum atomic E-state index is 12.9. The number of ether oxygens (including phenoxy) is 1. The van der Waals surface area contributed by atoms with Gasteiger partial charge in [-0.1, -0.05) is 42.5 Å². The van der Waals surface area contributed by atoms with Gasteiger partial charge in [0.25, 0.3) is 5.91 Å². The molecular formula is C31H32N2O5. The summed E-state index contributed by atoms with van der Waals surface area (Å²) < 4.78 is 11.9. The predicted octanol–water partition coefficient (Wildman–Crippen LogP) is 5.84. The molecule has 0 atom stereocenters. The Morgan fingerprint density at radius 2 is 1.66 bits per heavy atom. The summed E-state index contributed by atoms with van der Waals surface area (Å²) in [4.78, 5) is 28.7. The van der Waals surface area contributed by atoms with Crippen LogP contribution in [0.4, 0.5) is 0 Å². The number of rotatable bonds is 11. The molecule has 196 valence electrons. The van der Waals surface area contributed by atoms with E-state index in [1.54, 1.807) is 0 Å². The standard InChI is InChI=1S/C31H32N2O5/c1-20-8-7-9-21(2)29(20)30(36)32-19-25-18-26(14-12-23(25)13-15-28(34)35)37-17-16-27-22(3)38-31(33-27)24-10-5-4-6-11-24/h4-12,14,18H,13,15-17,19H2,1-3H3,(H,32,36)(H,34,35). The van der Waals surface area contributed by atoms with Crippen LogP contribution in [0, 0.1) is 20.8 Å². The van der Waals surface area contributed by atoms with E-state index >= 15 is 0 Å². The third-order valence-corrected chi connectivity index (χ3v) is 6.45. The fourth-order valence-electron chi connectivity index (χ4n) is 4.41. The highest BCUT2D eigenvalue weighted by atomic mass is 16.5. The van der Waals surface area contributed by atoms with Gasteiger partial charge in [-0.3, -0.25) is 9.59 Å². The Morgan fingerprint density at radius 3 is 2.37 bits per heavy atom. The number of carbonyl (C=O) groups excluding carboxylic acids is 1. The molecule has 3 aromatic carbocycles. The summed E-state index contributed by atoms with van der Waals surface area (Å²) in [6.07, 6.45) is 0.944. The Hall–Kier alpha value is -4.39. The maximum Gasteiger partial charge on any atom is 0.303 e. The fourth-order valence-corrected chi connectivity index (χ4v) is 4.41. The molecule has 4 rings (SSSR count). The number of amides is 1. The highest BCUT2D eigenvalue weighted by Gasteiger charge is 2.15. The summed E-state index contributed by atoms with van der Waals surface area (Å²) >= 11 is 0. The molecule has 0 radical (unpaired) electrons. The number of nitrogens with one attached hydrogen (secondary N) is 1. The number of aliphatic carboxylic acids is 1. The van der Waals surface area contributed by atoms with Crippen molar-refractivity contribution in [3.8, 4) is 17.2 Å². The van der Waals surface area contributed by atoms with Gasteiger partial charge < -0.3 is 19.6 Å². The molecule has 7 nitrogen and oxygen atoms in total. The van der Waals surface area contributed by atoms with Crippen molar-refractivity contribution in [1.82, 2.24) is 10.3 Å². The van der Waals surface area contributed by atoms with Crippen LogP contribution < -0.4 is 10.1 Å². The van der Waals surface area contributed by atoms with E-state index in [2.05, 4.69) is 10.3 Å². The molecule has 0 aliphatic heterocycles. The lowest BCUT2D eigenvalue weighted by Gasteiger charge is -2.15. The van der Waals surface area contributed by atoms with Crippen molar-refractivity contribution in [2.24, 2.45) is 0 Å². The zero-order valence-electron chi connectivity index (χ0n) is 21.9. The molecule has 0 saturated heterocycles. The number of carbonyl (C=O) groups is 2. The second kappa shape index (κ2) is 12.2. The molecule has 0 fully saturated rings. The summed E-state index contributed by atoms with van der Waals surface area (Å²) in [6.45, 7) is 6.37. The molecule has 1 amide bonds. The van der Waals surface area contributed by atoms with E-state index in [4.69, 9.17) is 14.3 Å². The monoisotopic (exact) mass is 512 g/mol. The van der Waals surface area contributed by atoms with Crippen molar-refractivity contribution >= 4 is 11.9 Å². The van der Waals surface area contributed by atoms with Crippen LogP contribution >= 0.6 is 0 Å². The normalized spacial score (nSPS) is 10.8. The molecule has 1 heterocycles. The third kappa shape index (κ3) is 6.68. The molecule has 38 heavy (non-hydrogen) atoms. The fraction of sp³-hybridized carbons (Fsp3) is 0.258. The lowest BCUT2D eigenvalue weighted by molar-refractivity contribution is -0.136. The van der Waals surface area contributed by atoms with Crippen LogP contribution in [-0.4, -0.2) is 28.6 Å². The van der Waals surface area contributed by atoms with Gasteiger partial charge in [-0.05, 0) is 73.7 Å². The van der Waals surface area contributed by atoms with Crippen LogP contribution in [0.3, 0.4) is 0 Å². The second-order valence-electron chi connectivity index (χ2n) is 9.26. The number of nitrogens with zero attached hydrogens (tertiary/aromatic N) is 1. The van der Waals surface area contributed by atoms with Crippen LogP contribution in [0.15, 0.2) is 71.1 Å². The van der Waals surface area contributed by atoms with E-state index < -0.39 is 5.97 Å². The van der Waals surface area contributed by atoms with Crippen LogP contribution in [0.5, 0.6) is 5.75 Å². The molecule has 2 N–H and O–H groups in total. The third-order valence-electron chi connectivity index (χ3n) is 6.45. The number of aromatic nitrogens is 1. The van der Waals surface area contributed by atoms with Crippen LogP contribution in [0.1, 0.15) is 50.5 Å². The van der Waals surface area contributed by atoms with E-state index in [0.29, 0.717) is 36.7 Å². The summed E-state index contributed by atoms with van der Waals surface area (Å²) in [7, 11) is 0. The minimum absolute atomic E-state index is 0.00718. The minimum atomic E-state index is -0.867. The van der Waals surface area contributed by atoms with Gasteiger partial charge in [-0.2, -0.15) is 0 Å². The average molecular weight is 513 g/mol. The largest absolute Gasteiger partial charge is 0.493 e. The zero-order chi connectivity index (χ0) is 27.1. The van der Waals surface area contributed by atoms with E-state index in [0.717, 1.165) is 39.3 Å². The van der Waals surface area contributed by atoms with Gasteiger partial charge in [0.1, 0.15) is 11.5 Å². The van der Waals surface area contributed by atoms with Crippen LogP contribution in [-0.2, 0) is 24.2 Å². The first-order valence-electron chi connectivity index (χ1n) is 12.6. The minimum Gasteiger partial charge on any atom is -0.493 e. The van der Waals surface area contributed by atoms with Gasteiger partial charge in [0.15, 0.2) is 0 Å². The lowest BCUT2D eigenvalue weighted by atomic mass is 10.0. The molecule has 4 aromatic rings. The maximum absolute atomic E-state index is 12.9. The average Bonchev–Trinajstić information content (AvgIpc) is 3.27. The first kappa shape index (κ1) is 26.7. The number of benzene rings is 3. The first-order valence-corrected chi connectivity index (χ1v) is 12.6. The van der Waals surface area contributed by atoms with Crippen LogP contribution in [0.2, 0.25) is 0 Å². The van der Waals surface area contributed by atoms with Gasteiger partial charge in [0.05, 0.1) is 12.3 Å². The SMILES string of the molecule is Cc1cccc(C)c1C(=O)NCc1cc(OCCc2nc(-c3ccccc3)oc2C)ccc1CCC(=O)O. The number of oxazole rings is 1. The summed E-state index contributed by atoms with van der Waals surface area (Å²) in [5.41, 5.74) is 5.92. The molecule has 0 aliphatic carbocycles. The molecular weight excluding hydrogens is 480 g/mol.